The Morgan fingerprint density at radius 1 is 0.431 bits per heavy atom. The molecule has 3 aromatic heterocycles. The van der Waals surface area contributed by atoms with Gasteiger partial charge >= 0.3 is 0 Å². The van der Waals surface area contributed by atoms with Gasteiger partial charge in [-0.2, -0.15) is 5.26 Å². The molecule has 5 aromatic carbocycles. The van der Waals surface area contributed by atoms with Gasteiger partial charge in [-0.3, -0.25) is 0 Å². The fourth-order valence-corrected chi connectivity index (χ4v) is 8.52. The molecule has 0 aliphatic rings. The van der Waals surface area contributed by atoms with Gasteiger partial charge in [0.15, 0.2) is 5.82 Å². The number of aromatic nitrogens is 4. The summed E-state index contributed by atoms with van der Waals surface area (Å²) in [6.45, 7) is 31.3. The normalized spacial score (nSPS) is 13.0. The molecule has 0 saturated carbocycles. The number of nitrogens with zero attached hydrogens (tertiary/aromatic N) is 5. The summed E-state index contributed by atoms with van der Waals surface area (Å²) in [5.41, 5.74) is 14.0. The van der Waals surface area contributed by atoms with Crippen LogP contribution in [0.15, 0.2) is 91.0 Å². The van der Waals surface area contributed by atoms with Crippen LogP contribution in [0.1, 0.15) is 122 Å². The number of fused-ring (bicyclic) bond motifs is 6. The first-order chi connectivity index (χ1) is 27.0. The molecule has 3 heterocycles. The molecule has 5 nitrogen and oxygen atoms in total. The van der Waals surface area contributed by atoms with Crippen molar-refractivity contribution in [3.63, 3.8) is 0 Å². The van der Waals surface area contributed by atoms with Gasteiger partial charge in [0.1, 0.15) is 0 Å². The third kappa shape index (κ3) is 6.57. The Hall–Kier alpha value is -5.73. The fourth-order valence-electron chi connectivity index (χ4n) is 8.52. The van der Waals surface area contributed by atoms with Crippen molar-refractivity contribution in [3.8, 4) is 28.8 Å². The summed E-state index contributed by atoms with van der Waals surface area (Å²) < 4.78 is 4.79. The van der Waals surface area contributed by atoms with Crippen LogP contribution in [0.4, 0.5) is 0 Å². The Morgan fingerprint density at radius 3 is 0.983 bits per heavy atom. The number of hydrogen-bond acceptors (Lipinski definition) is 3. The van der Waals surface area contributed by atoms with Crippen molar-refractivity contribution >= 4 is 43.6 Å². The van der Waals surface area contributed by atoms with E-state index in [9.17, 15) is 5.26 Å². The summed E-state index contributed by atoms with van der Waals surface area (Å²) in [5.74, 6) is 0.634. The zero-order chi connectivity index (χ0) is 41.9. The summed E-state index contributed by atoms with van der Waals surface area (Å²) in [6.07, 6.45) is 0. The minimum atomic E-state index is -0.0796. The molecule has 0 amide bonds. The van der Waals surface area contributed by atoms with E-state index in [-0.39, 0.29) is 21.7 Å². The largest absolute Gasteiger partial charge is 0.308 e. The van der Waals surface area contributed by atoms with Crippen LogP contribution < -0.4 is 0 Å². The first-order valence-electron chi connectivity index (χ1n) is 20.6. The molecule has 8 rings (SSSR count). The Morgan fingerprint density at radius 2 is 0.724 bits per heavy atom. The Balaban J connectivity index is 1.64. The zero-order valence-corrected chi connectivity index (χ0v) is 36.9. The van der Waals surface area contributed by atoms with E-state index in [1.807, 2.05) is 19.9 Å². The van der Waals surface area contributed by atoms with Crippen LogP contribution in [0.2, 0.25) is 0 Å². The number of benzene rings is 5. The van der Waals surface area contributed by atoms with Crippen molar-refractivity contribution in [2.75, 3.05) is 0 Å². The van der Waals surface area contributed by atoms with Gasteiger partial charge in [0, 0.05) is 32.9 Å². The number of nitriles is 1. The average molecular weight is 764 g/mol. The monoisotopic (exact) mass is 763 g/mol. The van der Waals surface area contributed by atoms with Crippen LogP contribution in [0.5, 0.6) is 0 Å². The molecule has 294 valence electrons. The second-order valence-electron chi connectivity index (χ2n) is 20.6. The first kappa shape index (κ1) is 39.1. The topological polar surface area (TPSA) is 59.4 Å². The molecule has 8 aromatic rings. The van der Waals surface area contributed by atoms with Crippen LogP contribution in [-0.4, -0.2) is 19.1 Å². The number of aryl methyl sites for hydroxylation is 2. The SMILES string of the molecule is Cc1cc(C)nc(-c2c(-n3c4cc(C(C)(C)C)ccc4c4ccc(C(C)(C)C)cc43)cc(C#N)cc2-n2c3cc(C(C)(C)C)ccc3c3ccc(C(C)(C)C)cc32)n1. The summed E-state index contributed by atoms with van der Waals surface area (Å²) in [4.78, 5) is 10.5. The van der Waals surface area contributed by atoms with Gasteiger partial charge in [0.05, 0.1) is 50.6 Å². The van der Waals surface area contributed by atoms with E-state index in [1.165, 1.54) is 43.8 Å². The van der Waals surface area contributed by atoms with Gasteiger partial charge in [0.25, 0.3) is 0 Å². The van der Waals surface area contributed by atoms with Crippen molar-refractivity contribution in [2.45, 2.75) is 119 Å². The molecule has 0 aliphatic heterocycles. The highest BCUT2D eigenvalue weighted by atomic mass is 15.0. The summed E-state index contributed by atoms with van der Waals surface area (Å²) >= 11 is 0. The summed E-state index contributed by atoms with van der Waals surface area (Å²) in [5, 5.41) is 15.7. The molecular formula is C53H57N5. The fraction of sp³-hybridized carbons (Fsp3) is 0.340. The summed E-state index contributed by atoms with van der Waals surface area (Å²) in [6, 6.07) is 36.3. The predicted octanol–water partition coefficient (Wildman–Crippen LogP) is 14.0. The number of rotatable bonds is 3. The molecule has 0 aliphatic carbocycles. The minimum Gasteiger partial charge on any atom is -0.308 e. The van der Waals surface area contributed by atoms with E-state index in [2.05, 4.69) is 183 Å². The molecular weight excluding hydrogens is 707 g/mol. The lowest BCUT2D eigenvalue weighted by atomic mass is 9.86. The second kappa shape index (κ2) is 13.1. The maximum atomic E-state index is 11.0. The van der Waals surface area contributed by atoms with Crippen molar-refractivity contribution in [1.29, 1.82) is 5.26 Å². The zero-order valence-electron chi connectivity index (χ0n) is 36.9. The van der Waals surface area contributed by atoms with Crippen molar-refractivity contribution in [2.24, 2.45) is 0 Å². The molecule has 5 heteroatoms. The van der Waals surface area contributed by atoms with E-state index >= 15 is 0 Å². The van der Waals surface area contributed by atoms with Gasteiger partial charge in [-0.05, 0) is 100 Å². The van der Waals surface area contributed by atoms with Gasteiger partial charge < -0.3 is 9.13 Å². The van der Waals surface area contributed by atoms with E-state index in [1.54, 1.807) is 0 Å². The third-order valence-corrected chi connectivity index (χ3v) is 11.9. The van der Waals surface area contributed by atoms with Crippen LogP contribution in [0, 0.1) is 25.2 Å². The van der Waals surface area contributed by atoms with E-state index in [0.717, 1.165) is 50.4 Å². The lowest BCUT2D eigenvalue weighted by molar-refractivity contribution is 0.590. The molecule has 0 spiro atoms. The molecule has 0 fully saturated rings. The van der Waals surface area contributed by atoms with Crippen molar-refractivity contribution < 1.29 is 0 Å². The van der Waals surface area contributed by atoms with E-state index in [0.29, 0.717) is 11.4 Å². The third-order valence-electron chi connectivity index (χ3n) is 11.9. The van der Waals surface area contributed by atoms with Gasteiger partial charge in [-0.15, -0.1) is 0 Å². The Kier molecular flexibility index (Phi) is 8.87. The lowest BCUT2D eigenvalue weighted by Crippen LogP contribution is -2.13. The molecule has 58 heavy (non-hydrogen) atoms. The number of hydrogen-bond donors (Lipinski definition) is 0. The molecule has 0 bridgehead atoms. The lowest BCUT2D eigenvalue weighted by Gasteiger charge is -2.23. The van der Waals surface area contributed by atoms with Crippen LogP contribution in [0.3, 0.4) is 0 Å². The highest BCUT2D eigenvalue weighted by molar-refractivity contribution is 6.12. The maximum absolute atomic E-state index is 11.0. The van der Waals surface area contributed by atoms with Crippen LogP contribution >= 0.6 is 0 Å². The molecule has 0 radical (unpaired) electrons. The molecule has 0 saturated heterocycles. The summed E-state index contributed by atoms with van der Waals surface area (Å²) in [7, 11) is 0. The Bertz CT molecular complexity index is 2670. The van der Waals surface area contributed by atoms with Crippen LogP contribution in [-0.2, 0) is 21.7 Å². The van der Waals surface area contributed by atoms with Crippen molar-refractivity contribution in [3.05, 3.63) is 130 Å². The van der Waals surface area contributed by atoms with E-state index in [4.69, 9.17) is 9.97 Å². The van der Waals surface area contributed by atoms with Gasteiger partial charge in [-0.25, -0.2) is 9.97 Å². The maximum Gasteiger partial charge on any atom is 0.163 e. The highest BCUT2D eigenvalue weighted by Gasteiger charge is 2.28. The molecule has 0 unspecified atom stereocenters. The van der Waals surface area contributed by atoms with Gasteiger partial charge in [-0.1, -0.05) is 132 Å². The predicted molar refractivity (Wildman–Crippen MR) is 245 cm³/mol. The minimum absolute atomic E-state index is 0.0796. The van der Waals surface area contributed by atoms with Crippen molar-refractivity contribution in [1.82, 2.24) is 19.1 Å². The van der Waals surface area contributed by atoms with E-state index < -0.39 is 0 Å². The smallest absolute Gasteiger partial charge is 0.163 e. The van der Waals surface area contributed by atoms with Gasteiger partial charge in [0.2, 0.25) is 0 Å². The molecule has 0 atom stereocenters. The highest BCUT2D eigenvalue weighted by Crippen LogP contribution is 2.44. The quantitative estimate of drug-likeness (QED) is 0.180. The molecule has 0 N–H and O–H groups in total. The van der Waals surface area contributed by atoms with Crippen LogP contribution in [0.25, 0.3) is 66.4 Å². The average Bonchev–Trinajstić information content (AvgIpc) is 3.63. The Labute approximate surface area is 344 Å². The first-order valence-corrected chi connectivity index (χ1v) is 20.6. The standard InChI is InChI=1S/C53H57N5/c1-31-23-32(2)56-49(55-31)48-46(57-42-26-34(50(3,4)5)15-19-38(42)39-20-16-35(27-43(39)57)51(6,7)8)24-33(30-54)25-47(48)58-44-28-36(52(9,10)11)17-21-40(44)41-22-18-37(29-45(41)58)53(12,13)14/h15-29H,1-14H3. The second-order valence-corrected chi connectivity index (χ2v) is 20.6.